The first-order valence-corrected chi connectivity index (χ1v) is 9.82. The Balaban J connectivity index is 2.14. The number of benzene rings is 2. The molecule has 0 bridgehead atoms. The van der Waals surface area contributed by atoms with Crippen molar-refractivity contribution >= 4 is 27.7 Å². The van der Waals surface area contributed by atoms with Gasteiger partial charge in [-0.05, 0) is 55.8 Å². The van der Waals surface area contributed by atoms with Crippen LogP contribution in [0.25, 0.3) is 0 Å². The number of rotatable bonds is 9. The topological polar surface area (TPSA) is 67.9 Å². The molecule has 7 heteroatoms. The minimum Gasteiger partial charge on any atom is -0.497 e. The highest BCUT2D eigenvalue weighted by Crippen LogP contribution is 2.18. The summed E-state index contributed by atoms with van der Waals surface area (Å²) < 4.78 is 11.8. The summed E-state index contributed by atoms with van der Waals surface area (Å²) in [5.74, 6) is 0.803. The molecule has 6 nitrogen and oxygen atoms in total. The van der Waals surface area contributed by atoms with Crippen molar-refractivity contribution in [1.82, 2.24) is 10.2 Å². The molecule has 0 spiro atoms. The third-order valence-corrected chi connectivity index (χ3v) is 4.71. The molecule has 0 aliphatic carbocycles. The Morgan fingerprint density at radius 1 is 1.14 bits per heavy atom. The Bertz CT molecular complexity index is 795. The van der Waals surface area contributed by atoms with Crippen LogP contribution in [0.1, 0.15) is 19.4 Å². The van der Waals surface area contributed by atoms with E-state index in [0.29, 0.717) is 18.0 Å². The van der Waals surface area contributed by atoms with Gasteiger partial charge >= 0.3 is 0 Å². The predicted octanol–water partition coefficient (Wildman–Crippen LogP) is 3.39. The molecule has 0 aliphatic heterocycles. The van der Waals surface area contributed by atoms with Crippen LogP contribution in [0, 0.1) is 0 Å². The van der Waals surface area contributed by atoms with Crippen molar-refractivity contribution < 1.29 is 19.1 Å². The van der Waals surface area contributed by atoms with E-state index in [1.54, 1.807) is 26.2 Å². The standard InChI is InChI=1S/C21H25BrN2O4/c1-4-23-21(26)15(2)24(13-16-6-5-7-19(12-16)27-3)20(25)14-28-18-10-8-17(22)9-11-18/h5-12,15H,4,13-14H2,1-3H3,(H,23,26)/t15-/m0/s1. The quantitative estimate of drug-likeness (QED) is 0.638. The Hall–Kier alpha value is -2.54. The number of amides is 2. The molecular formula is C21H25BrN2O4. The van der Waals surface area contributed by atoms with Gasteiger partial charge in [0.1, 0.15) is 17.5 Å². The van der Waals surface area contributed by atoms with Gasteiger partial charge in [0.2, 0.25) is 5.91 Å². The molecule has 0 saturated carbocycles. The molecule has 0 aromatic heterocycles. The predicted molar refractivity (Wildman–Crippen MR) is 111 cm³/mol. The lowest BCUT2D eigenvalue weighted by atomic mass is 10.1. The van der Waals surface area contributed by atoms with Crippen molar-refractivity contribution in [2.45, 2.75) is 26.4 Å². The molecule has 0 fully saturated rings. The number of methoxy groups -OCH3 is 1. The van der Waals surface area contributed by atoms with Gasteiger partial charge in [-0.1, -0.05) is 28.1 Å². The maximum Gasteiger partial charge on any atom is 0.261 e. The van der Waals surface area contributed by atoms with E-state index >= 15 is 0 Å². The minimum absolute atomic E-state index is 0.157. The van der Waals surface area contributed by atoms with Gasteiger partial charge in [0.25, 0.3) is 5.91 Å². The Morgan fingerprint density at radius 2 is 1.86 bits per heavy atom. The largest absolute Gasteiger partial charge is 0.497 e. The van der Waals surface area contributed by atoms with Crippen LogP contribution in [-0.4, -0.2) is 43.0 Å². The third kappa shape index (κ3) is 6.27. The zero-order valence-corrected chi connectivity index (χ0v) is 17.9. The van der Waals surface area contributed by atoms with Gasteiger partial charge in [0.05, 0.1) is 7.11 Å². The van der Waals surface area contributed by atoms with Crippen LogP contribution >= 0.6 is 15.9 Å². The number of carbonyl (C=O) groups excluding carboxylic acids is 2. The fourth-order valence-electron chi connectivity index (χ4n) is 2.63. The van der Waals surface area contributed by atoms with E-state index in [2.05, 4.69) is 21.2 Å². The number of halogens is 1. The smallest absolute Gasteiger partial charge is 0.261 e. The van der Waals surface area contributed by atoms with E-state index in [1.165, 1.54) is 4.90 Å². The van der Waals surface area contributed by atoms with Gasteiger partial charge in [0, 0.05) is 17.6 Å². The average Bonchev–Trinajstić information content (AvgIpc) is 2.71. The number of ether oxygens (including phenoxy) is 2. The van der Waals surface area contributed by atoms with E-state index in [0.717, 1.165) is 10.0 Å². The van der Waals surface area contributed by atoms with Gasteiger partial charge in [-0.25, -0.2) is 0 Å². The number of nitrogens with zero attached hydrogens (tertiary/aromatic N) is 1. The summed E-state index contributed by atoms with van der Waals surface area (Å²) in [6.45, 7) is 4.17. The van der Waals surface area contributed by atoms with Crippen LogP contribution in [0.2, 0.25) is 0 Å². The van der Waals surface area contributed by atoms with Crippen LogP contribution < -0.4 is 14.8 Å². The van der Waals surface area contributed by atoms with Gasteiger partial charge in [-0.2, -0.15) is 0 Å². The zero-order chi connectivity index (χ0) is 20.5. The molecule has 0 aliphatic rings. The molecule has 2 amide bonds. The molecule has 1 atom stereocenters. The highest BCUT2D eigenvalue weighted by atomic mass is 79.9. The fraction of sp³-hybridized carbons (Fsp3) is 0.333. The molecule has 2 aromatic carbocycles. The Morgan fingerprint density at radius 3 is 2.50 bits per heavy atom. The van der Waals surface area contributed by atoms with Crippen LogP contribution in [0.4, 0.5) is 0 Å². The summed E-state index contributed by atoms with van der Waals surface area (Å²) in [5.41, 5.74) is 0.868. The van der Waals surface area contributed by atoms with Crippen molar-refractivity contribution in [2.24, 2.45) is 0 Å². The average molecular weight is 449 g/mol. The maximum absolute atomic E-state index is 12.9. The van der Waals surface area contributed by atoms with Crippen molar-refractivity contribution in [1.29, 1.82) is 0 Å². The first-order valence-electron chi connectivity index (χ1n) is 9.03. The molecule has 0 saturated heterocycles. The SMILES string of the molecule is CCNC(=O)[C@H](C)N(Cc1cccc(OC)c1)C(=O)COc1ccc(Br)cc1. The van der Waals surface area contributed by atoms with Crippen molar-refractivity contribution in [3.63, 3.8) is 0 Å². The van der Waals surface area contributed by atoms with Crippen LogP contribution in [0.5, 0.6) is 11.5 Å². The monoisotopic (exact) mass is 448 g/mol. The van der Waals surface area contributed by atoms with Crippen molar-refractivity contribution in [2.75, 3.05) is 20.3 Å². The molecule has 150 valence electrons. The van der Waals surface area contributed by atoms with Crippen molar-refractivity contribution in [3.8, 4) is 11.5 Å². The normalized spacial score (nSPS) is 11.4. The van der Waals surface area contributed by atoms with Gasteiger partial charge in [-0.3, -0.25) is 9.59 Å². The minimum atomic E-state index is -0.632. The molecule has 0 unspecified atom stereocenters. The second-order valence-corrected chi connectivity index (χ2v) is 7.10. The fourth-order valence-corrected chi connectivity index (χ4v) is 2.90. The number of hydrogen-bond donors (Lipinski definition) is 1. The van der Waals surface area contributed by atoms with Gasteiger partial charge in [-0.15, -0.1) is 0 Å². The van der Waals surface area contributed by atoms with E-state index in [1.807, 2.05) is 43.3 Å². The summed E-state index contributed by atoms with van der Waals surface area (Å²) >= 11 is 3.36. The second-order valence-electron chi connectivity index (χ2n) is 6.19. The van der Waals surface area contributed by atoms with E-state index in [9.17, 15) is 9.59 Å². The highest BCUT2D eigenvalue weighted by Gasteiger charge is 2.26. The Labute approximate surface area is 174 Å². The summed E-state index contributed by atoms with van der Waals surface area (Å²) in [6.07, 6.45) is 0. The molecule has 2 aromatic rings. The first kappa shape index (κ1) is 21.8. The molecule has 1 N–H and O–H groups in total. The summed E-state index contributed by atoms with van der Waals surface area (Å²) in [4.78, 5) is 26.7. The van der Waals surface area contributed by atoms with Crippen LogP contribution in [0.15, 0.2) is 53.0 Å². The summed E-state index contributed by atoms with van der Waals surface area (Å²) in [5, 5.41) is 2.77. The maximum atomic E-state index is 12.9. The number of hydrogen-bond acceptors (Lipinski definition) is 4. The number of carbonyl (C=O) groups is 2. The van der Waals surface area contributed by atoms with E-state index in [4.69, 9.17) is 9.47 Å². The van der Waals surface area contributed by atoms with Crippen LogP contribution in [0.3, 0.4) is 0 Å². The van der Waals surface area contributed by atoms with Gasteiger partial charge < -0.3 is 19.7 Å². The second kappa shape index (κ2) is 10.7. The van der Waals surface area contributed by atoms with E-state index in [-0.39, 0.29) is 25.0 Å². The lowest BCUT2D eigenvalue weighted by molar-refractivity contribution is -0.142. The zero-order valence-electron chi connectivity index (χ0n) is 16.3. The lowest BCUT2D eigenvalue weighted by Gasteiger charge is -2.28. The summed E-state index contributed by atoms with van der Waals surface area (Å²) in [7, 11) is 1.59. The molecular weight excluding hydrogens is 424 g/mol. The van der Waals surface area contributed by atoms with Crippen molar-refractivity contribution in [3.05, 3.63) is 58.6 Å². The third-order valence-electron chi connectivity index (χ3n) is 4.18. The molecule has 0 radical (unpaired) electrons. The number of likely N-dealkylation sites (N-methyl/N-ethyl adjacent to an activating group) is 1. The van der Waals surface area contributed by atoms with Crippen LogP contribution in [-0.2, 0) is 16.1 Å². The highest BCUT2D eigenvalue weighted by molar-refractivity contribution is 9.10. The Kier molecular flexibility index (Phi) is 8.32. The molecule has 2 rings (SSSR count). The number of nitrogens with one attached hydrogen (secondary N) is 1. The molecule has 28 heavy (non-hydrogen) atoms. The molecule has 0 heterocycles. The van der Waals surface area contributed by atoms with E-state index < -0.39 is 6.04 Å². The summed E-state index contributed by atoms with van der Waals surface area (Å²) in [6, 6.07) is 14.0. The first-order chi connectivity index (χ1) is 13.4. The van der Waals surface area contributed by atoms with Gasteiger partial charge in [0.15, 0.2) is 6.61 Å². The lowest BCUT2D eigenvalue weighted by Crippen LogP contribution is -2.49.